The van der Waals surface area contributed by atoms with Crippen LogP contribution in [0, 0.1) is 0 Å². The molecular formula is C7H17NO4Si. The smallest absolute Gasteiger partial charge is 0.371 e. The molecule has 13 heavy (non-hydrogen) atoms. The Labute approximate surface area is 79.9 Å². The van der Waals surface area contributed by atoms with Gasteiger partial charge in [0, 0.05) is 34.9 Å². The second-order valence-corrected chi connectivity index (χ2v) is 5.25. The molecular weight excluding hydrogens is 190 g/mol. The third kappa shape index (κ3) is 2.50. The Balaban J connectivity index is 4.63. The minimum absolute atomic E-state index is 0.220. The molecule has 0 aromatic heterocycles. The lowest BCUT2D eigenvalue weighted by Crippen LogP contribution is -2.56. The largest absolute Gasteiger partial charge is 0.597 e. The topological polar surface area (TPSA) is 48.0 Å². The number of carbonyl (C=O) groups excluding carboxylic acids is 1. The van der Waals surface area contributed by atoms with E-state index in [1.165, 1.54) is 26.2 Å². The molecule has 0 aromatic carbocycles. The molecule has 0 saturated heterocycles. The van der Waals surface area contributed by atoms with Crippen molar-refractivity contribution in [3.8, 4) is 0 Å². The highest BCUT2D eigenvalue weighted by molar-refractivity contribution is 6.91. The molecule has 0 N–H and O–H groups in total. The van der Waals surface area contributed by atoms with Crippen LogP contribution in [0.3, 0.4) is 0 Å². The average Bonchev–Trinajstić information content (AvgIpc) is 2.20. The highest BCUT2D eigenvalue weighted by Crippen LogP contribution is 2.10. The molecule has 78 valence electrons. The number of rotatable bonds is 5. The molecule has 0 aliphatic carbocycles. The molecule has 0 aromatic rings. The average molecular weight is 207 g/mol. The fourth-order valence-electron chi connectivity index (χ4n) is 0.889. The fraction of sp³-hybridized carbons (Fsp3) is 0.857. The molecule has 0 fully saturated rings. The maximum atomic E-state index is 11.7. The molecule has 0 spiro atoms. The lowest BCUT2D eigenvalue weighted by molar-refractivity contribution is 0.119. The minimum Gasteiger partial charge on any atom is -0.371 e. The van der Waals surface area contributed by atoms with Crippen LogP contribution >= 0.6 is 0 Å². The standard InChI is InChI=1S/C7H17NO4Si/c1-6-8(2)7(9)13(10-3,11-4)12-5/h6H2,1-5H3. The van der Waals surface area contributed by atoms with Crippen LogP contribution in [0.25, 0.3) is 0 Å². The zero-order valence-corrected chi connectivity index (χ0v) is 9.79. The molecule has 0 aliphatic heterocycles. The van der Waals surface area contributed by atoms with Crippen molar-refractivity contribution in [2.24, 2.45) is 0 Å². The van der Waals surface area contributed by atoms with Crippen LogP contribution in [0.1, 0.15) is 6.92 Å². The van der Waals surface area contributed by atoms with Gasteiger partial charge < -0.3 is 18.2 Å². The van der Waals surface area contributed by atoms with Crippen molar-refractivity contribution < 1.29 is 18.1 Å². The van der Waals surface area contributed by atoms with Gasteiger partial charge in [0.25, 0.3) is 5.53 Å². The van der Waals surface area contributed by atoms with Gasteiger partial charge in [0.05, 0.1) is 0 Å². The molecule has 0 radical (unpaired) electrons. The summed E-state index contributed by atoms with van der Waals surface area (Å²) in [4.78, 5) is 13.2. The van der Waals surface area contributed by atoms with Crippen LogP contribution in [-0.4, -0.2) is 54.2 Å². The summed E-state index contributed by atoms with van der Waals surface area (Å²) in [6, 6.07) is 0. The normalized spacial score (nSPS) is 11.5. The quantitative estimate of drug-likeness (QED) is 0.617. The maximum absolute atomic E-state index is 11.7. The van der Waals surface area contributed by atoms with Crippen LogP contribution in [-0.2, 0) is 13.3 Å². The lowest BCUT2D eigenvalue weighted by Gasteiger charge is -2.26. The lowest BCUT2D eigenvalue weighted by atomic mass is 10.7. The predicted molar refractivity (Wildman–Crippen MR) is 50.5 cm³/mol. The van der Waals surface area contributed by atoms with Gasteiger partial charge >= 0.3 is 8.80 Å². The summed E-state index contributed by atoms with van der Waals surface area (Å²) in [6.45, 7) is 2.47. The molecule has 5 nitrogen and oxygen atoms in total. The highest BCUT2D eigenvalue weighted by atomic mass is 28.4. The van der Waals surface area contributed by atoms with Gasteiger partial charge in [0.15, 0.2) is 0 Å². The second-order valence-electron chi connectivity index (χ2n) is 2.49. The van der Waals surface area contributed by atoms with Crippen molar-refractivity contribution in [1.29, 1.82) is 0 Å². The van der Waals surface area contributed by atoms with Gasteiger partial charge in [0.1, 0.15) is 0 Å². The molecule has 0 unspecified atom stereocenters. The first kappa shape index (κ1) is 12.6. The van der Waals surface area contributed by atoms with Gasteiger partial charge in [-0.1, -0.05) is 0 Å². The molecule has 0 bridgehead atoms. The number of nitrogens with zero attached hydrogens (tertiary/aromatic N) is 1. The molecule has 0 aliphatic rings. The van der Waals surface area contributed by atoms with E-state index in [1.54, 1.807) is 7.05 Å². The van der Waals surface area contributed by atoms with Gasteiger partial charge in [0.2, 0.25) is 0 Å². The molecule has 6 heteroatoms. The molecule has 0 atom stereocenters. The number of carbonyl (C=O) groups is 1. The third-order valence-corrected chi connectivity index (χ3v) is 4.41. The van der Waals surface area contributed by atoms with Crippen LogP contribution in [0.2, 0.25) is 0 Å². The van der Waals surface area contributed by atoms with E-state index in [0.29, 0.717) is 6.54 Å². The van der Waals surface area contributed by atoms with Crippen LogP contribution in [0.15, 0.2) is 0 Å². The Kier molecular flexibility index (Phi) is 5.15. The molecule has 0 heterocycles. The van der Waals surface area contributed by atoms with Gasteiger partial charge in [-0.05, 0) is 6.92 Å². The van der Waals surface area contributed by atoms with Crippen molar-refractivity contribution in [3.63, 3.8) is 0 Å². The number of hydrogen-bond donors (Lipinski definition) is 0. The van der Waals surface area contributed by atoms with Crippen molar-refractivity contribution >= 4 is 14.3 Å². The van der Waals surface area contributed by atoms with E-state index in [2.05, 4.69) is 0 Å². The Bertz CT molecular complexity index is 164. The minimum atomic E-state index is -3.12. The number of hydrogen-bond acceptors (Lipinski definition) is 4. The summed E-state index contributed by atoms with van der Waals surface area (Å²) in [7, 11) is 2.82. The molecule has 0 saturated carbocycles. The van der Waals surface area contributed by atoms with Crippen molar-refractivity contribution in [1.82, 2.24) is 4.90 Å². The van der Waals surface area contributed by atoms with Crippen LogP contribution in [0.4, 0.5) is 4.79 Å². The first-order valence-corrected chi connectivity index (χ1v) is 5.71. The van der Waals surface area contributed by atoms with Crippen LogP contribution in [0.5, 0.6) is 0 Å². The van der Waals surface area contributed by atoms with E-state index in [9.17, 15) is 4.79 Å². The van der Waals surface area contributed by atoms with E-state index < -0.39 is 8.80 Å². The van der Waals surface area contributed by atoms with Crippen molar-refractivity contribution in [2.75, 3.05) is 34.9 Å². The van der Waals surface area contributed by atoms with Gasteiger partial charge in [-0.3, -0.25) is 4.79 Å². The van der Waals surface area contributed by atoms with Crippen molar-refractivity contribution in [3.05, 3.63) is 0 Å². The maximum Gasteiger partial charge on any atom is 0.597 e. The Hall–Kier alpha value is -0.433. The third-order valence-electron chi connectivity index (χ3n) is 1.89. The van der Waals surface area contributed by atoms with Gasteiger partial charge in [-0.25, -0.2) is 0 Å². The first-order valence-electron chi connectivity index (χ1n) is 3.99. The molecule has 0 rings (SSSR count). The summed E-state index contributed by atoms with van der Waals surface area (Å²) >= 11 is 0. The predicted octanol–water partition coefficient (Wildman–Crippen LogP) is 0.518. The summed E-state index contributed by atoms with van der Waals surface area (Å²) in [5.74, 6) is 0. The zero-order valence-electron chi connectivity index (χ0n) is 8.79. The highest BCUT2D eigenvalue weighted by Gasteiger charge is 2.49. The summed E-state index contributed by atoms with van der Waals surface area (Å²) < 4.78 is 15.1. The monoisotopic (exact) mass is 207 g/mol. The second kappa shape index (κ2) is 5.33. The Morgan fingerprint density at radius 3 is 1.85 bits per heavy atom. The zero-order chi connectivity index (χ0) is 10.5. The summed E-state index contributed by atoms with van der Waals surface area (Å²) in [5.41, 5.74) is -0.220. The van der Waals surface area contributed by atoms with Crippen LogP contribution < -0.4 is 0 Å². The van der Waals surface area contributed by atoms with E-state index in [4.69, 9.17) is 13.3 Å². The van der Waals surface area contributed by atoms with Crippen molar-refractivity contribution in [2.45, 2.75) is 6.92 Å². The van der Waals surface area contributed by atoms with E-state index >= 15 is 0 Å². The number of amides is 1. The summed E-state index contributed by atoms with van der Waals surface area (Å²) in [5, 5.41) is 0. The van der Waals surface area contributed by atoms with Gasteiger partial charge in [-0.15, -0.1) is 0 Å². The van der Waals surface area contributed by atoms with E-state index in [0.717, 1.165) is 0 Å². The fourth-order valence-corrected chi connectivity index (χ4v) is 2.54. The van der Waals surface area contributed by atoms with E-state index in [-0.39, 0.29) is 5.53 Å². The van der Waals surface area contributed by atoms with Gasteiger partial charge in [-0.2, -0.15) is 0 Å². The Morgan fingerprint density at radius 2 is 1.62 bits per heavy atom. The molecule has 1 amide bonds. The summed E-state index contributed by atoms with van der Waals surface area (Å²) in [6.07, 6.45) is 0. The Morgan fingerprint density at radius 1 is 1.23 bits per heavy atom. The SMILES string of the molecule is CCN(C)C(=O)[Si](OC)(OC)OC. The first-order chi connectivity index (χ1) is 6.07. The van der Waals surface area contributed by atoms with E-state index in [1.807, 2.05) is 6.92 Å².